The molecule has 4 nitrogen and oxygen atoms in total. The lowest BCUT2D eigenvalue weighted by Gasteiger charge is -2.36. The van der Waals surface area contributed by atoms with Crippen molar-refractivity contribution in [3.05, 3.63) is 58.9 Å². The lowest BCUT2D eigenvalue weighted by Crippen LogP contribution is -2.50. The highest BCUT2D eigenvalue weighted by Gasteiger charge is 2.21. The summed E-state index contributed by atoms with van der Waals surface area (Å²) in [6.07, 6.45) is 0. The van der Waals surface area contributed by atoms with E-state index in [9.17, 15) is 9.18 Å². The topological polar surface area (TPSA) is 35.6 Å². The van der Waals surface area contributed by atoms with E-state index in [0.29, 0.717) is 18.8 Å². The van der Waals surface area contributed by atoms with E-state index in [4.69, 9.17) is 11.6 Å². The molecule has 0 aliphatic carbocycles. The Hall–Kier alpha value is -2.27. The number of carbonyl (C=O) groups excluding carboxylic acids is 1. The SMILES string of the molecule is Cc1ccc(N2CCN(C(=O)Nc3cccc(F)c3)CC2)cc1Cl. The first-order valence-corrected chi connectivity index (χ1v) is 8.23. The second-order valence-electron chi connectivity index (χ2n) is 5.85. The largest absolute Gasteiger partial charge is 0.368 e. The Balaban J connectivity index is 1.58. The number of benzene rings is 2. The first-order chi connectivity index (χ1) is 11.5. The standard InChI is InChI=1S/C18H19ClFN3O/c1-13-5-6-16(12-17(13)19)22-7-9-23(10-8-22)18(24)21-15-4-2-3-14(20)11-15/h2-6,11-12H,7-10H2,1H3,(H,21,24). The minimum atomic E-state index is -0.367. The number of urea groups is 1. The van der Waals surface area contributed by atoms with Crippen LogP contribution in [0.4, 0.5) is 20.6 Å². The van der Waals surface area contributed by atoms with Gasteiger partial charge in [-0.1, -0.05) is 23.7 Å². The van der Waals surface area contributed by atoms with Crippen molar-refractivity contribution in [2.75, 3.05) is 36.4 Å². The molecule has 126 valence electrons. The summed E-state index contributed by atoms with van der Waals surface area (Å²) in [4.78, 5) is 16.2. The maximum absolute atomic E-state index is 13.2. The zero-order valence-corrected chi connectivity index (χ0v) is 14.2. The Morgan fingerprint density at radius 2 is 1.88 bits per heavy atom. The van der Waals surface area contributed by atoms with E-state index in [-0.39, 0.29) is 11.8 Å². The zero-order chi connectivity index (χ0) is 17.1. The molecule has 0 spiro atoms. The highest BCUT2D eigenvalue weighted by Crippen LogP contribution is 2.24. The van der Waals surface area contributed by atoms with Crippen molar-refractivity contribution < 1.29 is 9.18 Å². The number of hydrogen-bond acceptors (Lipinski definition) is 2. The third-order valence-electron chi connectivity index (χ3n) is 4.16. The van der Waals surface area contributed by atoms with Gasteiger partial charge in [0, 0.05) is 42.6 Å². The van der Waals surface area contributed by atoms with E-state index in [0.717, 1.165) is 29.4 Å². The van der Waals surface area contributed by atoms with Gasteiger partial charge in [-0.15, -0.1) is 0 Å². The normalized spacial score (nSPS) is 14.6. The third kappa shape index (κ3) is 3.79. The smallest absolute Gasteiger partial charge is 0.321 e. The van der Waals surface area contributed by atoms with Crippen LogP contribution in [0, 0.1) is 12.7 Å². The van der Waals surface area contributed by atoms with Gasteiger partial charge in [-0.3, -0.25) is 0 Å². The van der Waals surface area contributed by atoms with Crippen molar-refractivity contribution in [3.8, 4) is 0 Å². The van der Waals surface area contributed by atoms with Gasteiger partial charge in [0.05, 0.1) is 0 Å². The fraction of sp³-hybridized carbons (Fsp3) is 0.278. The molecule has 2 aromatic carbocycles. The molecule has 0 unspecified atom stereocenters. The number of halogens is 2. The number of piperazine rings is 1. The van der Waals surface area contributed by atoms with Crippen LogP contribution in [0.3, 0.4) is 0 Å². The number of anilines is 2. The van der Waals surface area contributed by atoms with E-state index in [1.807, 2.05) is 25.1 Å². The Bertz CT molecular complexity index is 745. The molecular formula is C18H19ClFN3O. The van der Waals surface area contributed by atoms with E-state index in [1.165, 1.54) is 12.1 Å². The van der Waals surface area contributed by atoms with Crippen molar-refractivity contribution in [2.24, 2.45) is 0 Å². The van der Waals surface area contributed by atoms with Crippen molar-refractivity contribution in [1.29, 1.82) is 0 Å². The fourth-order valence-corrected chi connectivity index (χ4v) is 2.89. The summed E-state index contributed by atoms with van der Waals surface area (Å²) < 4.78 is 13.2. The average Bonchev–Trinajstić information content (AvgIpc) is 2.57. The predicted molar refractivity (Wildman–Crippen MR) is 95.4 cm³/mol. The molecule has 0 saturated carbocycles. The molecule has 1 saturated heterocycles. The summed E-state index contributed by atoms with van der Waals surface area (Å²) in [5, 5.41) is 3.48. The summed E-state index contributed by atoms with van der Waals surface area (Å²) in [6, 6.07) is 11.7. The van der Waals surface area contributed by atoms with Crippen LogP contribution in [0.2, 0.25) is 5.02 Å². The molecule has 3 rings (SSSR count). The molecule has 24 heavy (non-hydrogen) atoms. The number of amides is 2. The van der Waals surface area contributed by atoms with Crippen LogP contribution in [0.15, 0.2) is 42.5 Å². The highest BCUT2D eigenvalue weighted by molar-refractivity contribution is 6.31. The number of nitrogens with zero attached hydrogens (tertiary/aromatic N) is 2. The van der Waals surface area contributed by atoms with E-state index >= 15 is 0 Å². The van der Waals surface area contributed by atoms with Crippen LogP contribution < -0.4 is 10.2 Å². The van der Waals surface area contributed by atoms with Gasteiger partial charge < -0.3 is 15.1 Å². The van der Waals surface area contributed by atoms with Gasteiger partial charge in [-0.05, 0) is 42.8 Å². The molecule has 2 amide bonds. The lowest BCUT2D eigenvalue weighted by atomic mass is 10.2. The minimum Gasteiger partial charge on any atom is -0.368 e. The molecule has 1 heterocycles. The number of nitrogens with one attached hydrogen (secondary N) is 1. The quantitative estimate of drug-likeness (QED) is 0.886. The van der Waals surface area contributed by atoms with E-state index in [1.54, 1.807) is 17.0 Å². The molecule has 1 N–H and O–H groups in total. The van der Waals surface area contributed by atoms with Gasteiger partial charge in [0.15, 0.2) is 0 Å². The predicted octanol–water partition coefficient (Wildman–Crippen LogP) is 4.14. The monoisotopic (exact) mass is 347 g/mol. The Labute approximate surface area is 145 Å². The Morgan fingerprint density at radius 3 is 2.54 bits per heavy atom. The van der Waals surface area contributed by atoms with Crippen LogP contribution >= 0.6 is 11.6 Å². The molecule has 1 fully saturated rings. The maximum Gasteiger partial charge on any atom is 0.321 e. The number of hydrogen-bond donors (Lipinski definition) is 1. The minimum absolute atomic E-state index is 0.206. The van der Waals surface area contributed by atoms with Gasteiger partial charge in [0.25, 0.3) is 0 Å². The maximum atomic E-state index is 13.2. The molecule has 1 aliphatic rings. The average molecular weight is 348 g/mol. The molecule has 0 atom stereocenters. The Morgan fingerprint density at radius 1 is 1.12 bits per heavy atom. The van der Waals surface area contributed by atoms with Crippen LogP contribution in [-0.2, 0) is 0 Å². The second kappa shape index (κ2) is 7.09. The Kier molecular flexibility index (Phi) is 4.90. The molecule has 6 heteroatoms. The number of aryl methyl sites for hydroxylation is 1. The van der Waals surface area contributed by atoms with Crippen molar-refractivity contribution >= 4 is 29.0 Å². The van der Waals surface area contributed by atoms with Crippen LogP contribution in [0.5, 0.6) is 0 Å². The van der Waals surface area contributed by atoms with Crippen LogP contribution in [0.1, 0.15) is 5.56 Å². The van der Waals surface area contributed by atoms with Gasteiger partial charge in [-0.25, -0.2) is 9.18 Å². The summed E-state index contributed by atoms with van der Waals surface area (Å²) in [7, 11) is 0. The summed E-state index contributed by atoms with van der Waals surface area (Å²) >= 11 is 6.18. The van der Waals surface area contributed by atoms with Crippen molar-refractivity contribution in [1.82, 2.24) is 4.90 Å². The van der Waals surface area contributed by atoms with Crippen LogP contribution in [0.25, 0.3) is 0 Å². The summed E-state index contributed by atoms with van der Waals surface area (Å²) in [6.45, 7) is 4.64. The van der Waals surface area contributed by atoms with Crippen molar-refractivity contribution in [3.63, 3.8) is 0 Å². The van der Waals surface area contributed by atoms with Gasteiger partial charge in [0.1, 0.15) is 5.82 Å². The first-order valence-electron chi connectivity index (χ1n) is 7.85. The molecule has 0 radical (unpaired) electrons. The van der Waals surface area contributed by atoms with E-state index in [2.05, 4.69) is 10.2 Å². The van der Waals surface area contributed by atoms with Gasteiger partial charge in [-0.2, -0.15) is 0 Å². The molecule has 0 aromatic heterocycles. The van der Waals surface area contributed by atoms with Crippen LogP contribution in [-0.4, -0.2) is 37.1 Å². The molecule has 1 aliphatic heterocycles. The van der Waals surface area contributed by atoms with Gasteiger partial charge in [0.2, 0.25) is 0 Å². The second-order valence-corrected chi connectivity index (χ2v) is 6.26. The van der Waals surface area contributed by atoms with Crippen molar-refractivity contribution in [2.45, 2.75) is 6.92 Å². The molecular weight excluding hydrogens is 329 g/mol. The number of rotatable bonds is 2. The zero-order valence-electron chi connectivity index (χ0n) is 13.4. The number of carbonyl (C=O) groups is 1. The van der Waals surface area contributed by atoms with E-state index < -0.39 is 0 Å². The molecule has 2 aromatic rings. The first kappa shape index (κ1) is 16.6. The van der Waals surface area contributed by atoms with Gasteiger partial charge >= 0.3 is 6.03 Å². The summed E-state index contributed by atoms with van der Waals surface area (Å²) in [5.74, 6) is -0.367. The molecule has 0 bridgehead atoms. The summed E-state index contributed by atoms with van der Waals surface area (Å²) in [5.41, 5.74) is 2.58. The highest BCUT2D eigenvalue weighted by atomic mass is 35.5. The third-order valence-corrected chi connectivity index (χ3v) is 4.57. The lowest BCUT2D eigenvalue weighted by molar-refractivity contribution is 0.208. The fourth-order valence-electron chi connectivity index (χ4n) is 2.71.